The van der Waals surface area contributed by atoms with Crippen LogP contribution in [-0.2, 0) is 6.42 Å². The lowest BCUT2D eigenvalue weighted by atomic mass is 10.0. The van der Waals surface area contributed by atoms with E-state index in [0.29, 0.717) is 27.8 Å². The summed E-state index contributed by atoms with van der Waals surface area (Å²) in [6, 6.07) is 18.8. The molecule has 2 N–H and O–H groups in total. The Kier molecular flexibility index (Phi) is 4.45. The summed E-state index contributed by atoms with van der Waals surface area (Å²) >= 11 is 12.3. The molecule has 129 valence electrons. The molecule has 2 amide bonds. The maximum absolute atomic E-state index is 11.6. The Morgan fingerprint density at radius 1 is 0.962 bits per heavy atom. The molecular formula is C20H14Cl2N3O. The van der Waals surface area contributed by atoms with Crippen molar-refractivity contribution in [2.75, 3.05) is 10.6 Å². The highest BCUT2D eigenvalue weighted by molar-refractivity contribution is 6.34. The lowest BCUT2D eigenvalue weighted by Crippen LogP contribution is -2.08. The first-order valence-electron chi connectivity index (χ1n) is 8.03. The summed E-state index contributed by atoms with van der Waals surface area (Å²) in [7, 11) is 0. The van der Waals surface area contributed by atoms with Crippen molar-refractivity contribution in [2.24, 2.45) is 0 Å². The Balaban J connectivity index is 1.74. The van der Waals surface area contributed by atoms with E-state index in [2.05, 4.69) is 16.0 Å². The number of nitrogens with one attached hydrogen (secondary N) is 2. The van der Waals surface area contributed by atoms with Gasteiger partial charge in [-0.15, -0.1) is 0 Å². The van der Waals surface area contributed by atoms with Gasteiger partial charge in [0.1, 0.15) is 0 Å². The van der Waals surface area contributed by atoms with E-state index in [4.69, 9.17) is 23.2 Å². The molecule has 0 atom stereocenters. The predicted octanol–water partition coefficient (Wildman–Crippen LogP) is 6.11. The third-order valence-corrected chi connectivity index (χ3v) is 4.49. The fourth-order valence-electron chi connectivity index (χ4n) is 2.95. The maximum atomic E-state index is 11.6. The number of halogens is 2. The van der Waals surface area contributed by atoms with E-state index in [-0.39, 0.29) is 6.03 Å². The normalized spacial score (nSPS) is 12.3. The Bertz CT molecular complexity index is 970. The van der Waals surface area contributed by atoms with Gasteiger partial charge in [0.25, 0.3) is 0 Å². The van der Waals surface area contributed by atoms with Crippen molar-refractivity contribution in [3.63, 3.8) is 0 Å². The lowest BCUT2D eigenvalue weighted by molar-refractivity contribution is 0.256. The predicted molar refractivity (Wildman–Crippen MR) is 106 cm³/mol. The summed E-state index contributed by atoms with van der Waals surface area (Å²) in [5, 5.41) is 11.3. The smallest absolute Gasteiger partial charge is 0.346 e. The molecule has 0 aromatic heterocycles. The van der Waals surface area contributed by atoms with Crippen LogP contribution in [-0.4, -0.2) is 6.03 Å². The molecule has 0 saturated heterocycles. The Labute approximate surface area is 161 Å². The van der Waals surface area contributed by atoms with Gasteiger partial charge in [0.2, 0.25) is 0 Å². The number of anilines is 3. The molecule has 6 heteroatoms. The summed E-state index contributed by atoms with van der Waals surface area (Å²) in [6.45, 7) is 0. The highest BCUT2D eigenvalue weighted by Gasteiger charge is 2.21. The second kappa shape index (κ2) is 6.90. The first-order chi connectivity index (χ1) is 12.6. The number of benzene rings is 3. The first-order valence-corrected chi connectivity index (χ1v) is 8.79. The SMILES string of the molecule is O=C1[N]c2cc(Nc3ccccc3)c(Cc3cc(Cl)cc(Cl)c3)cc2N1. The highest BCUT2D eigenvalue weighted by Crippen LogP contribution is 2.36. The van der Waals surface area contributed by atoms with Gasteiger partial charge in [-0.2, -0.15) is 5.32 Å². The van der Waals surface area contributed by atoms with Gasteiger partial charge >= 0.3 is 6.03 Å². The largest absolute Gasteiger partial charge is 0.355 e. The molecule has 4 nitrogen and oxygen atoms in total. The van der Waals surface area contributed by atoms with Gasteiger partial charge in [-0.1, -0.05) is 41.4 Å². The third-order valence-electron chi connectivity index (χ3n) is 4.05. The van der Waals surface area contributed by atoms with Crippen LogP contribution in [0.2, 0.25) is 10.0 Å². The minimum atomic E-state index is -0.353. The Morgan fingerprint density at radius 3 is 2.42 bits per heavy atom. The minimum absolute atomic E-state index is 0.353. The van der Waals surface area contributed by atoms with E-state index >= 15 is 0 Å². The molecule has 3 aromatic rings. The lowest BCUT2D eigenvalue weighted by Gasteiger charge is -2.14. The molecule has 3 aromatic carbocycles. The summed E-state index contributed by atoms with van der Waals surface area (Å²) in [5.41, 5.74) is 5.16. The van der Waals surface area contributed by atoms with E-state index < -0.39 is 0 Å². The molecule has 0 spiro atoms. The number of carbonyl (C=O) groups excluding carboxylic acids is 1. The minimum Gasteiger partial charge on any atom is -0.355 e. The molecule has 0 unspecified atom stereocenters. The van der Waals surface area contributed by atoms with E-state index in [9.17, 15) is 4.79 Å². The zero-order chi connectivity index (χ0) is 18.1. The van der Waals surface area contributed by atoms with Crippen molar-refractivity contribution in [2.45, 2.75) is 6.42 Å². The van der Waals surface area contributed by atoms with Gasteiger partial charge in [0, 0.05) is 21.4 Å². The molecular weight excluding hydrogens is 369 g/mol. The zero-order valence-electron chi connectivity index (χ0n) is 13.6. The average Bonchev–Trinajstić information content (AvgIpc) is 2.94. The number of hydrogen-bond acceptors (Lipinski definition) is 2. The Morgan fingerprint density at radius 2 is 1.69 bits per heavy atom. The van der Waals surface area contributed by atoms with Crippen LogP contribution in [0.4, 0.5) is 27.5 Å². The fourth-order valence-corrected chi connectivity index (χ4v) is 3.52. The van der Waals surface area contributed by atoms with Crippen LogP contribution in [0, 0.1) is 0 Å². The molecule has 1 aliphatic rings. The summed E-state index contributed by atoms with van der Waals surface area (Å²) < 4.78 is 0. The molecule has 1 radical (unpaired) electrons. The monoisotopic (exact) mass is 382 g/mol. The number of nitrogens with zero attached hydrogens (tertiary/aromatic N) is 1. The third kappa shape index (κ3) is 3.62. The van der Waals surface area contributed by atoms with Crippen LogP contribution >= 0.6 is 23.2 Å². The standard InChI is InChI=1S/C20H14Cl2N3O/c21-14-7-12(8-15(22)10-14)6-13-9-18-19(25-20(26)24-18)11-17(13)23-16-4-2-1-3-5-16/h1-5,7-11,23H,6H2,(H,24,26). The van der Waals surface area contributed by atoms with Gasteiger partial charge in [-0.25, -0.2) is 4.79 Å². The Hall–Kier alpha value is -2.69. The number of carbonyl (C=O) groups is 1. The van der Waals surface area contributed by atoms with Crippen molar-refractivity contribution in [1.82, 2.24) is 5.32 Å². The molecule has 0 aliphatic carbocycles. The van der Waals surface area contributed by atoms with Gasteiger partial charge in [-0.05, 0) is 60.0 Å². The van der Waals surface area contributed by atoms with Crippen molar-refractivity contribution < 1.29 is 4.79 Å². The van der Waals surface area contributed by atoms with Crippen molar-refractivity contribution >= 4 is 52.0 Å². The van der Waals surface area contributed by atoms with Crippen LogP contribution in [0.1, 0.15) is 11.1 Å². The molecule has 0 fully saturated rings. The van der Waals surface area contributed by atoms with E-state index in [1.54, 1.807) is 6.07 Å². The quantitative estimate of drug-likeness (QED) is 0.571. The van der Waals surface area contributed by atoms with Gasteiger partial charge < -0.3 is 10.6 Å². The second-order valence-electron chi connectivity index (χ2n) is 6.01. The number of para-hydroxylation sites is 1. The van der Waals surface area contributed by atoms with Gasteiger partial charge in [-0.3, -0.25) is 0 Å². The summed E-state index contributed by atoms with van der Waals surface area (Å²) in [5.74, 6) is 0. The van der Waals surface area contributed by atoms with Crippen LogP contribution in [0.25, 0.3) is 0 Å². The van der Waals surface area contributed by atoms with Crippen molar-refractivity contribution in [3.8, 4) is 0 Å². The first kappa shape index (κ1) is 16.8. The molecule has 0 saturated carbocycles. The number of fused-ring (bicyclic) bond motifs is 1. The maximum Gasteiger partial charge on any atom is 0.346 e. The van der Waals surface area contributed by atoms with Crippen molar-refractivity contribution in [3.05, 3.63) is 81.8 Å². The van der Waals surface area contributed by atoms with Crippen molar-refractivity contribution in [1.29, 1.82) is 0 Å². The van der Waals surface area contributed by atoms with E-state index in [1.807, 2.05) is 54.6 Å². The van der Waals surface area contributed by atoms with E-state index in [0.717, 1.165) is 22.5 Å². The average molecular weight is 383 g/mol. The second-order valence-corrected chi connectivity index (χ2v) is 6.89. The van der Waals surface area contributed by atoms with Crippen LogP contribution < -0.4 is 16.0 Å². The highest BCUT2D eigenvalue weighted by atomic mass is 35.5. The number of rotatable bonds is 4. The fraction of sp³-hybridized carbons (Fsp3) is 0.0500. The molecule has 1 heterocycles. The van der Waals surface area contributed by atoms with Gasteiger partial charge in [0.15, 0.2) is 0 Å². The molecule has 1 aliphatic heterocycles. The van der Waals surface area contributed by atoms with Crippen LogP contribution in [0.3, 0.4) is 0 Å². The number of urea groups is 1. The number of amides is 2. The number of hydrogen-bond donors (Lipinski definition) is 2. The van der Waals surface area contributed by atoms with Crippen LogP contribution in [0.5, 0.6) is 0 Å². The van der Waals surface area contributed by atoms with E-state index in [1.165, 1.54) is 0 Å². The molecule has 0 bridgehead atoms. The molecule has 4 rings (SSSR count). The topological polar surface area (TPSA) is 55.2 Å². The van der Waals surface area contributed by atoms with Gasteiger partial charge in [0.05, 0.1) is 11.4 Å². The zero-order valence-corrected chi connectivity index (χ0v) is 15.1. The summed E-state index contributed by atoms with van der Waals surface area (Å²) in [6.07, 6.45) is 0.610. The molecule has 26 heavy (non-hydrogen) atoms. The van der Waals surface area contributed by atoms with Crippen LogP contribution in [0.15, 0.2) is 60.7 Å². The summed E-state index contributed by atoms with van der Waals surface area (Å²) in [4.78, 5) is 11.6.